The number of likely N-dealkylation sites (tertiary alicyclic amines) is 1. The van der Waals surface area contributed by atoms with E-state index in [0.29, 0.717) is 11.8 Å². The molecule has 1 amide bonds. The number of benzene rings is 1. The van der Waals surface area contributed by atoms with Gasteiger partial charge in [-0.1, -0.05) is 23.7 Å². The van der Waals surface area contributed by atoms with Crippen LogP contribution in [0.2, 0.25) is 5.02 Å². The Balaban J connectivity index is 1.74. The van der Waals surface area contributed by atoms with E-state index in [4.69, 9.17) is 23.2 Å². The molecule has 2 heterocycles. The summed E-state index contributed by atoms with van der Waals surface area (Å²) in [5, 5.41) is 1.77. The highest BCUT2D eigenvalue weighted by Crippen LogP contribution is 2.33. The van der Waals surface area contributed by atoms with Crippen LogP contribution in [0.4, 0.5) is 0 Å². The third-order valence-electron chi connectivity index (χ3n) is 4.13. The van der Waals surface area contributed by atoms with E-state index in [9.17, 15) is 4.79 Å². The number of thiophene rings is 1. The number of carbonyl (C=O) groups is 1. The lowest BCUT2D eigenvalue weighted by Gasteiger charge is -2.31. The summed E-state index contributed by atoms with van der Waals surface area (Å²) >= 11 is 13.5. The number of nitrogens with zero attached hydrogens (tertiary/aromatic N) is 1. The first-order valence-electron chi connectivity index (χ1n) is 7.22. The minimum atomic E-state index is 0.136. The molecule has 5 heteroatoms. The van der Waals surface area contributed by atoms with E-state index in [-0.39, 0.29) is 5.91 Å². The van der Waals surface area contributed by atoms with E-state index in [0.717, 1.165) is 52.3 Å². The lowest BCUT2D eigenvalue weighted by atomic mass is 9.94. The van der Waals surface area contributed by atoms with Crippen LogP contribution in [0.25, 0.3) is 10.1 Å². The predicted molar refractivity (Wildman–Crippen MR) is 90.8 cm³/mol. The molecule has 112 valence electrons. The maximum absolute atomic E-state index is 12.6. The maximum atomic E-state index is 12.6. The molecule has 0 bridgehead atoms. The van der Waals surface area contributed by atoms with Crippen LogP contribution in [0.15, 0.2) is 24.3 Å². The Hall–Kier alpha value is -0.770. The standard InChI is InChI=1S/C16H17Cl2NOS/c17-7-4-11-5-8-19(9-6-11)16(20)14-10-12-2-1-3-13(18)15(12)21-14/h1-3,10-11H,4-9H2. The summed E-state index contributed by atoms with van der Waals surface area (Å²) in [6.45, 7) is 1.67. The van der Waals surface area contributed by atoms with Crippen LogP contribution in [-0.2, 0) is 0 Å². The van der Waals surface area contributed by atoms with Crippen LogP contribution in [0.5, 0.6) is 0 Å². The van der Waals surface area contributed by atoms with Crippen molar-refractivity contribution in [2.24, 2.45) is 5.92 Å². The molecular formula is C16H17Cl2NOS. The fraction of sp³-hybridized carbons (Fsp3) is 0.438. The number of rotatable bonds is 3. The quantitative estimate of drug-likeness (QED) is 0.716. The van der Waals surface area contributed by atoms with Crippen molar-refractivity contribution in [3.63, 3.8) is 0 Å². The van der Waals surface area contributed by atoms with Crippen molar-refractivity contribution in [1.82, 2.24) is 4.90 Å². The van der Waals surface area contributed by atoms with E-state index < -0.39 is 0 Å². The summed E-state index contributed by atoms with van der Waals surface area (Å²) in [5.41, 5.74) is 0. The lowest BCUT2D eigenvalue weighted by molar-refractivity contribution is 0.0694. The fourth-order valence-corrected chi connectivity index (χ4v) is 4.51. The van der Waals surface area contributed by atoms with Crippen LogP contribution in [0, 0.1) is 5.92 Å². The van der Waals surface area contributed by atoms with Crippen LogP contribution in [0.1, 0.15) is 28.9 Å². The van der Waals surface area contributed by atoms with Gasteiger partial charge in [-0.2, -0.15) is 0 Å². The highest BCUT2D eigenvalue weighted by atomic mass is 35.5. The zero-order valence-electron chi connectivity index (χ0n) is 11.6. The van der Waals surface area contributed by atoms with E-state index in [2.05, 4.69) is 0 Å². The molecule has 0 N–H and O–H groups in total. The number of carbonyl (C=O) groups excluding carboxylic acids is 1. The van der Waals surface area contributed by atoms with Gasteiger partial charge in [-0.15, -0.1) is 22.9 Å². The molecule has 0 spiro atoms. The summed E-state index contributed by atoms with van der Waals surface area (Å²) in [4.78, 5) is 15.4. The molecule has 1 aliphatic rings. The predicted octanol–water partition coefficient (Wildman–Crippen LogP) is 5.04. The molecule has 1 saturated heterocycles. The number of hydrogen-bond acceptors (Lipinski definition) is 2. The molecule has 1 aromatic heterocycles. The Morgan fingerprint density at radius 3 is 2.76 bits per heavy atom. The van der Waals surface area contributed by atoms with Gasteiger partial charge in [0.25, 0.3) is 5.91 Å². The molecule has 3 rings (SSSR count). The molecule has 21 heavy (non-hydrogen) atoms. The van der Waals surface area contributed by atoms with Crippen molar-refractivity contribution in [2.45, 2.75) is 19.3 Å². The van der Waals surface area contributed by atoms with Crippen LogP contribution >= 0.6 is 34.5 Å². The summed E-state index contributed by atoms with van der Waals surface area (Å²) < 4.78 is 1.000. The highest BCUT2D eigenvalue weighted by molar-refractivity contribution is 7.21. The Morgan fingerprint density at radius 1 is 1.33 bits per heavy atom. The van der Waals surface area contributed by atoms with Gasteiger partial charge in [-0.25, -0.2) is 0 Å². The molecule has 0 radical (unpaired) electrons. The maximum Gasteiger partial charge on any atom is 0.263 e. The highest BCUT2D eigenvalue weighted by Gasteiger charge is 2.24. The first-order valence-corrected chi connectivity index (χ1v) is 8.95. The molecule has 0 aliphatic carbocycles. The molecule has 1 fully saturated rings. The van der Waals surface area contributed by atoms with Crippen LogP contribution < -0.4 is 0 Å². The second-order valence-corrected chi connectivity index (χ2v) is 7.32. The molecule has 1 aliphatic heterocycles. The van der Waals surface area contributed by atoms with Gasteiger partial charge >= 0.3 is 0 Å². The van der Waals surface area contributed by atoms with Gasteiger partial charge in [0.1, 0.15) is 0 Å². The number of piperidine rings is 1. The third kappa shape index (κ3) is 3.20. The SMILES string of the molecule is O=C(c1cc2cccc(Cl)c2s1)N1CCC(CCCl)CC1. The number of halogens is 2. The Labute approximate surface area is 138 Å². The number of alkyl halides is 1. The van der Waals surface area contributed by atoms with Crippen molar-refractivity contribution >= 4 is 50.5 Å². The fourth-order valence-electron chi connectivity index (χ4n) is 2.87. The van der Waals surface area contributed by atoms with Crippen LogP contribution in [-0.4, -0.2) is 29.8 Å². The zero-order valence-corrected chi connectivity index (χ0v) is 14.0. The lowest BCUT2D eigenvalue weighted by Crippen LogP contribution is -2.38. The zero-order chi connectivity index (χ0) is 14.8. The summed E-state index contributed by atoms with van der Waals surface area (Å²) in [7, 11) is 0. The Morgan fingerprint density at radius 2 is 2.10 bits per heavy atom. The number of fused-ring (bicyclic) bond motifs is 1. The van der Waals surface area contributed by atoms with Crippen molar-refractivity contribution in [2.75, 3.05) is 19.0 Å². The van der Waals surface area contributed by atoms with Gasteiger partial charge in [-0.05, 0) is 42.7 Å². The van der Waals surface area contributed by atoms with Gasteiger partial charge in [0.15, 0.2) is 0 Å². The first-order chi connectivity index (χ1) is 10.2. The molecule has 0 unspecified atom stereocenters. The van der Waals surface area contributed by atoms with E-state index >= 15 is 0 Å². The Bertz CT molecular complexity index is 647. The van der Waals surface area contributed by atoms with Gasteiger partial charge in [0.05, 0.1) is 14.6 Å². The summed E-state index contributed by atoms with van der Waals surface area (Å²) in [6, 6.07) is 7.75. The second kappa shape index (κ2) is 6.55. The van der Waals surface area contributed by atoms with Gasteiger partial charge in [0, 0.05) is 19.0 Å². The molecule has 2 aromatic rings. The second-order valence-electron chi connectivity index (χ2n) is 5.48. The molecule has 0 saturated carbocycles. The van der Waals surface area contributed by atoms with Crippen molar-refractivity contribution < 1.29 is 4.79 Å². The van der Waals surface area contributed by atoms with Crippen molar-refractivity contribution in [3.8, 4) is 0 Å². The van der Waals surface area contributed by atoms with E-state index in [1.54, 1.807) is 0 Å². The van der Waals surface area contributed by atoms with E-state index in [1.807, 2.05) is 29.2 Å². The summed E-state index contributed by atoms with van der Waals surface area (Å²) in [5.74, 6) is 1.52. The monoisotopic (exact) mass is 341 g/mol. The smallest absolute Gasteiger partial charge is 0.263 e. The molecular weight excluding hydrogens is 325 g/mol. The average Bonchev–Trinajstić information content (AvgIpc) is 2.93. The molecule has 2 nitrogen and oxygen atoms in total. The largest absolute Gasteiger partial charge is 0.338 e. The van der Waals surface area contributed by atoms with Crippen molar-refractivity contribution in [1.29, 1.82) is 0 Å². The first kappa shape index (κ1) is 15.1. The number of hydrogen-bond donors (Lipinski definition) is 0. The number of amides is 1. The third-order valence-corrected chi connectivity index (χ3v) is 5.94. The van der Waals surface area contributed by atoms with Crippen LogP contribution in [0.3, 0.4) is 0 Å². The topological polar surface area (TPSA) is 20.3 Å². The van der Waals surface area contributed by atoms with Crippen molar-refractivity contribution in [3.05, 3.63) is 34.2 Å². The van der Waals surface area contributed by atoms with Gasteiger partial charge in [-0.3, -0.25) is 4.79 Å². The minimum absolute atomic E-state index is 0.136. The van der Waals surface area contributed by atoms with Gasteiger partial charge in [0.2, 0.25) is 0 Å². The average molecular weight is 342 g/mol. The minimum Gasteiger partial charge on any atom is -0.338 e. The Kier molecular flexibility index (Phi) is 4.72. The molecule has 0 atom stereocenters. The van der Waals surface area contributed by atoms with Gasteiger partial charge < -0.3 is 4.90 Å². The normalized spacial score (nSPS) is 16.6. The van der Waals surface area contributed by atoms with E-state index in [1.165, 1.54) is 11.3 Å². The molecule has 1 aromatic carbocycles. The summed E-state index contributed by atoms with van der Waals surface area (Å²) in [6.07, 6.45) is 3.18.